The summed E-state index contributed by atoms with van der Waals surface area (Å²) in [5.74, 6) is -0.214. The number of amides is 1. The van der Waals surface area contributed by atoms with Crippen LogP contribution in [0.15, 0.2) is 6.20 Å². The zero-order valence-corrected chi connectivity index (χ0v) is 15.0. The summed E-state index contributed by atoms with van der Waals surface area (Å²) in [7, 11) is 0. The van der Waals surface area contributed by atoms with E-state index in [1.165, 1.54) is 0 Å². The van der Waals surface area contributed by atoms with Crippen molar-refractivity contribution in [2.24, 2.45) is 5.73 Å². The highest BCUT2D eigenvalue weighted by atomic mass is 16.6. The Morgan fingerprint density at radius 1 is 1.40 bits per heavy atom. The fourth-order valence-corrected chi connectivity index (χ4v) is 2.87. The van der Waals surface area contributed by atoms with Gasteiger partial charge in [-0.25, -0.2) is 4.98 Å². The van der Waals surface area contributed by atoms with E-state index < -0.39 is 16.4 Å². The Labute approximate surface area is 146 Å². The van der Waals surface area contributed by atoms with Gasteiger partial charge in [-0.1, -0.05) is 26.2 Å². The zero-order valence-electron chi connectivity index (χ0n) is 15.0. The lowest BCUT2D eigenvalue weighted by Crippen LogP contribution is -2.52. The standard InChI is InChI=1S/C16H26N6O3/c1-4-15(2,3)21-14-18-10-11(22(24)25)12(19-14)20-16(13(17)23)8-6-5-7-9-16/h10H,4-9H2,1-3H3,(H2,17,23)(H2,18,19,20,21). The van der Waals surface area contributed by atoms with Crippen LogP contribution in [0.3, 0.4) is 0 Å². The lowest BCUT2D eigenvalue weighted by atomic mass is 9.81. The fraction of sp³-hybridized carbons (Fsp3) is 0.688. The average molecular weight is 350 g/mol. The Hall–Kier alpha value is -2.45. The molecule has 1 aromatic rings. The van der Waals surface area contributed by atoms with Gasteiger partial charge >= 0.3 is 5.69 Å². The van der Waals surface area contributed by atoms with E-state index in [2.05, 4.69) is 20.6 Å². The van der Waals surface area contributed by atoms with E-state index >= 15 is 0 Å². The molecule has 25 heavy (non-hydrogen) atoms. The first-order valence-corrected chi connectivity index (χ1v) is 8.57. The van der Waals surface area contributed by atoms with Crippen LogP contribution in [-0.2, 0) is 4.79 Å². The molecule has 0 spiro atoms. The number of primary amides is 1. The molecule has 0 saturated heterocycles. The number of anilines is 2. The van der Waals surface area contributed by atoms with Gasteiger partial charge in [0.05, 0.1) is 4.92 Å². The number of nitrogens with one attached hydrogen (secondary N) is 2. The van der Waals surface area contributed by atoms with Crippen molar-refractivity contribution >= 4 is 23.4 Å². The van der Waals surface area contributed by atoms with Crippen LogP contribution in [0, 0.1) is 10.1 Å². The molecule has 1 aromatic heterocycles. The molecule has 1 saturated carbocycles. The van der Waals surface area contributed by atoms with Gasteiger partial charge < -0.3 is 16.4 Å². The Morgan fingerprint density at radius 3 is 2.56 bits per heavy atom. The van der Waals surface area contributed by atoms with Crippen LogP contribution in [0.25, 0.3) is 0 Å². The molecular formula is C16H26N6O3. The Balaban J connectivity index is 2.39. The molecule has 0 atom stereocenters. The summed E-state index contributed by atoms with van der Waals surface area (Å²) in [4.78, 5) is 31.1. The van der Waals surface area contributed by atoms with E-state index in [0.29, 0.717) is 12.8 Å². The number of hydrogen-bond donors (Lipinski definition) is 3. The van der Waals surface area contributed by atoms with E-state index in [1.54, 1.807) is 0 Å². The van der Waals surface area contributed by atoms with Crippen molar-refractivity contribution in [1.82, 2.24) is 9.97 Å². The molecule has 2 rings (SSSR count). The Bertz CT molecular complexity index is 655. The molecule has 1 fully saturated rings. The van der Waals surface area contributed by atoms with Gasteiger partial charge in [-0.15, -0.1) is 0 Å². The minimum Gasteiger partial charge on any atom is -0.368 e. The van der Waals surface area contributed by atoms with Crippen LogP contribution in [0.4, 0.5) is 17.5 Å². The topological polar surface area (TPSA) is 136 Å². The van der Waals surface area contributed by atoms with E-state index in [-0.39, 0.29) is 23.0 Å². The van der Waals surface area contributed by atoms with Gasteiger partial charge in [0, 0.05) is 5.54 Å². The van der Waals surface area contributed by atoms with Gasteiger partial charge in [-0.05, 0) is 33.1 Å². The fourth-order valence-electron chi connectivity index (χ4n) is 2.87. The van der Waals surface area contributed by atoms with Crippen molar-refractivity contribution in [3.05, 3.63) is 16.3 Å². The quantitative estimate of drug-likeness (QED) is 0.508. The first kappa shape index (κ1) is 18.9. The molecule has 9 heteroatoms. The molecule has 138 valence electrons. The zero-order chi connectivity index (χ0) is 18.7. The van der Waals surface area contributed by atoms with Crippen molar-refractivity contribution in [3.8, 4) is 0 Å². The summed E-state index contributed by atoms with van der Waals surface area (Å²) in [6, 6.07) is 0. The van der Waals surface area contributed by atoms with Crippen LogP contribution in [0.1, 0.15) is 59.3 Å². The molecule has 4 N–H and O–H groups in total. The summed E-state index contributed by atoms with van der Waals surface area (Å²) in [5, 5.41) is 17.5. The Kier molecular flexibility index (Phi) is 5.44. The molecule has 0 radical (unpaired) electrons. The smallest absolute Gasteiger partial charge is 0.329 e. The number of rotatable bonds is 7. The molecule has 1 aliphatic rings. The molecule has 0 aromatic carbocycles. The summed E-state index contributed by atoms with van der Waals surface area (Å²) >= 11 is 0. The summed E-state index contributed by atoms with van der Waals surface area (Å²) in [5.41, 5.74) is 4.07. The summed E-state index contributed by atoms with van der Waals surface area (Å²) < 4.78 is 0. The molecular weight excluding hydrogens is 324 g/mol. The van der Waals surface area contributed by atoms with Gasteiger partial charge in [0.2, 0.25) is 17.7 Å². The minimum absolute atomic E-state index is 0.0232. The number of carbonyl (C=O) groups is 1. The van der Waals surface area contributed by atoms with Crippen LogP contribution >= 0.6 is 0 Å². The maximum Gasteiger partial charge on any atom is 0.329 e. The van der Waals surface area contributed by atoms with E-state index in [1.807, 2.05) is 20.8 Å². The van der Waals surface area contributed by atoms with Crippen molar-refractivity contribution in [3.63, 3.8) is 0 Å². The van der Waals surface area contributed by atoms with Crippen molar-refractivity contribution < 1.29 is 9.72 Å². The molecule has 0 unspecified atom stereocenters. The molecule has 0 bridgehead atoms. The second-order valence-electron chi connectivity index (χ2n) is 7.18. The predicted molar refractivity (Wildman–Crippen MR) is 95.3 cm³/mol. The molecule has 1 amide bonds. The highest BCUT2D eigenvalue weighted by Gasteiger charge is 2.40. The number of hydrogen-bond acceptors (Lipinski definition) is 7. The molecule has 1 heterocycles. The van der Waals surface area contributed by atoms with Crippen LogP contribution in [0.2, 0.25) is 0 Å². The lowest BCUT2D eigenvalue weighted by Gasteiger charge is -2.35. The number of nitrogens with two attached hydrogens (primary N) is 1. The van der Waals surface area contributed by atoms with Crippen LogP contribution in [-0.4, -0.2) is 31.9 Å². The van der Waals surface area contributed by atoms with Crippen molar-refractivity contribution in [1.29, 1.82) is 0 Å². The Morgan fingerprint density at radius 2 is 2.04 bits per heavy atom. The van der Waals surface area contributed by atoms with E-state index in [4.69, 9.17) is 5.73 Å². The van der Waals surface area contributed by atoms with E-state index in [9.17, 15) is 14.9 Å². The average Bonchev–Trinajstić information content (AvgIpc) is 2.55. The van der Waals surface area contributed by atoms with Crippen molar-refractivity contribution in [2.45, 2.75) is 70.4 Å². The number of aromatic nitrogens is 2. The molecule has 1 aliphatic carbocycles. The SMILES string of the molecule is CCC(C)(C)Nc1ncc([N+](=O)[O-])c(NC2(C(N)=O)CCCCC2)n1. The third-order valence-corrected chi connectivity index (χ3v) is 4.84. The number of nitro groups is 1. The first-order valence-electron chi connectivity index (χ1n) is 8.57. The minimum atomic E-state index is -1.01. The maximum absolute atomic E-state index is 12.1. The maximum atomic E-state index is 12.1. The normalized spacial score (nSPS) is 16.9. The van der Waals surface area contributed by atoms with Gasteiger partial charge in [0.25, 0.3) is 0 Å². The largest absolute Gasteiger partial charge is 0.368 e. The highest BCUT2D eigenvalue weighted by molar-refractivity contribution is 5.88. The van der Waals surface area contributed by atoms with E-state index in [0.717, 1.165) is 31.9 Å². The van der Waals surface area contributed by atoms with Gasteiger partial charge in [-0.2, -0.15) is 4.98 Å². The number of carbonyl (C=O) groups excluding carboxylic acids is 1. The van der Waals surface area contributed by atoms with Crippen LogP contribution in [0.5, 0.6) is 0 Å². The van der Waals surface area contributed by atoms with Crippen LogP contribution < -0.4 is 16.4 Å². The monoisotopic (exact) mass is 350 g/mol. The third-order valence-electron chi connectivity index (χ3n) is 4.84. The highest BCUT2D eigenvalue weighted by Crippen LogP contribution is 2.34. The van der Waals surface area contributed by atoms with Gasteiger partial charge in [0.1, 0.15) is 11.7 Å². The van der Waals surface area contributed by atoms with Gasteiger partial charge in [0.15, 0.2) is 0 Å². The lowest BCUT2D eigenvalue weighted by molar-refractivity contribution is -0.384. The van der Waals surface area contributed by atoms with Crippen molar-refractivity contribution in [2.75, 3.05) is 10.6 Å². The van der Waals surface area contributed by atoms with Gasteiger partial charge in [-0.3, -0.25) is 14.9 Å². The number of nitrogens with zero attached hydrogens (tertiary/aromatic N) is 3. The third kappa shape index (κ3) is 4.34. The second kappa shape index (κ2) is 7.20. The summed E-state index contributed by atoms with van der Waals surface area (Å²) in [6.45, 7) is 5.98. The molecule has 9 nitrogen and oxygen atoms in total. The first-order chi connectivity index (χ1) is 11.7. The summed E-state index contributed by atoms with van der Waals surface area (Å²) in [6.07, 6.45) is 5.73. The molecule has 0 aliphatic heterocycles. The predicted octanol–water partition coefficient (Wildman–Crippen LogP) is 2.59. The second-order valence-corrected chi connectivity index (χ2v) is 7.18.